The molecule has 10 rings (SSSR count). The van der Waals surface area contributed by atoms with Gasteiger partial charge in [-0.25, -0.2) is 9.97 Å². The highest BCUT2D eigenvalue weighted by molar-refractivity contribution is 7.26. The molecule has 0 atom stereocenters. The molecule has 0 spiro atoms. The molecular weight excluding hydrogens is 569 g/mol. The lowest BCUT2D eigenvalue weighted by molar-refractivity contribution is 1.18. The highest BCUT2D eigenvalue weighted by atomic mass is 32.1. The normalized spacial score (nSPS) is 12.0. The first-order valence-electron chi connectivity index (χ1n) is 15.1. The number of rotatable bonds is 3. The van der Waals surface area contributed by atoms with Crippen LogP contribution in [0.4, 0.5) is 0 Å². The lowest BCUT2D eigenvalue weighted by Gasteiger charge is -2.12. The number of hydrogen-bond acceptors (Lipinski definition) is 3. The van der Waals surface area contributed by atoms with Crippen LogP contribution in [0.15, 0.2) is 146 Å². The van der Waals surface area contributed by atoms with Crippen molar-refractivity contribution in [2.75, 3.05) is 0 Å². The standard InChI is InChI=1S/C40H24N4S/c1-3-11-25(12-4-1)26-19-21-28(22-20-26)44-32-18-10-8-16-30(32)35-34-29-15-7-9-17-31(29)43(27-13-5-2-6-14-27)38(34)36-37-33(23-41-24-42-37)45-40(36)39(35)44/h1-24H. The van der Waals surface area contributed by atoms with Crippen molar-refractivity contribution >= 4 is 75.3 Å². The smallest absolute Gasteiger partial charge is 0.116 e. The van der Waals surface area contributed by atoms with Gasteiger partial charge in [-0.2, -0.15) is 0 Å². The molecule has 0 bridgehead atoms. The van der Waals surface area contributed by atoms with Gasteiger partial charge in [0.15, 0.2) is 0 Å². The average Bonchev–Trinajstić information content (AvgIpc) is 3.77. The highest BCUT2D eigenvalue weighted by Crippen LogP contribution is 2.50. The van der Waals surface area contributed by atoms with Gasteiger partial charge < -0.3 is 9.13 Å². The number of benzene rings is 6. The Labute approximate surface area is 262 Å². The molecule has 6 aromatic carbocycles. The summed E-state index contributed by atoms with van der Waals surface area (Å²) in [7, 11) is 0. The van der Waals surface area contributed by atoms with Gasteiger partial charge in [-0.1, -0.05) is 97.1 Å². The van der Waals surface area contributed by atoms with Crippen molar-refractivity contribution in [2.24, 2.45) is 0 Å². The van der Waals surface area contributed by atoms with E-state index in [-0.39, 0.29) is 0 Å². The van der Waals surface area contributed by atoms with Gasteiger partial charge in [0.1, 0.15) is 6.33 Å². The van der Waals surface area contributed by atoms with Crippen LogP contribution in [0.3, 0.4) is 0 Å². The maximum absolute atomic E-state index is 4.91. The average molecular weight is 593 g/mol. The third-order valence-electron chi connectivity index (χ3n) is 9.05. The van der Waals surface area contributed by atoms with Crippen molar-refractivity contribution in [1.29, 1.82) is 0 Å². The summed E-state index contributed by atoms with van der Waals surface area (Å²) in [6.07, 6.45) is 3.64. The molecule has 0 unspecified atom stereocenters. The number of hydrogen-bond donors (Lipinski definition) is 0. The molecule has 4 heterocycles. The Morgan fingerprint density at radius 1 is 0.489 bits per heavy atom. The minimum absolute atomic E-state index is 0.994. The summed E-state index contributed by atoms with van der Waals surface area (Å²) in [5.41, 5.74) is 10.5. The molecule has 0 fully saturated rings. The lowest BCUT2D eigenvalue weighted by Crippen LogP contribution is -1.96. The van der Waals surface area contributed by atoms with Gasteiger partial charge in [-0.05, 0) is 47.5 Å². The molecule has 0 aliphatic heterocycles. The van der Waals surface area contributed by atoms with Crippen LogP contribution in [-0.2, 0) is 0 Å². The molecule has 0 saturated heterocycles. The maximum Gasteiger partial charge on any atom is 0.116 e. The predicted molar refractivity (Wildman–Crippen MR) is 189 cm³/mol. The van der Waals surface area contributed by atoms with Gasteiger partial charge >= 0.3 is 0 Å². The SMILES string of the molecule is c1ccc(-c2ccc(-n3c4ccccc4c4c5c6ccccc6n(-c6ccccc6)c5c5c6ncncc6sc5c43)cc2)cc1. The molecule has 4 aromatic heterocycles. The Morgan fingerprint density at radius 3 is 1.76 bits per heavy atom. The van der Waals surface area contributed by atoms with Crippen LogP contribution in [0.5, 0.6) is 0 Å². The molecule has 10 aromatic rings. The Balaban J connectivity index is 1.45. The van der Waals surface area contributed by atoms with E-state index in [1.807, 2.05) is 6.20 Å². The first kappa shape index (κ1) is 24.6. The van der Waals surface area contributed by atoms with E-state index in [1.54, 1.807) is 17.7 Å². The van der Waals surface area contributed by atoms with Crippen LogP contribution in [0.25, 0.3) is 86.4 Å². The van der Waals surface area contributed by atoms with E-state index < -0.39 is 0 Å². The van der Waals surface area contributed by atoms with E-state index in [2.05, 4.69) is 148 Å². The number of fused-ring (bicyclic) bond motifs is 12. The molecular formula is C40H24N4S. The third-order valence-corrected chi connectivity index (χ3v) is 10.2. The summed E-state index contributed by atoms with van der Waals surface area (Å²) < 4.78 is 7.19. The molecule has 0 aliphatic carbocycles. The summed E-state index contributed by atoms with van der Waals surface area (Å²) in [6, 6.07) is 47.9. The van der Waals surface area contributed by atoms with Crippen molar-refractivity contribution in [1.82, 2.24) is 19.1 Å². The summed E-state index contributed by atoms with van der Waals surface area (Å²) in [6.45, 7) is 0. The number of para-hydroxylation sites is 3. The van der Waals surface area contributed by atoms with E-state index in [1.165, 1.54) is 64.8 Å². The minimum atomic E-state index is 0.994. The zero-order valence-corrected chi connectivity index (χ0v) is 24.9. The van der Waals surface area contributed by atoms with Gasteiger partial charge in [0.25, 0.3) is 0 Å². The molecule has 210 valence electrons. The van der Waals surface area contributed by atoms with Gasteiger partial charge in [0.2, 0.25) is 0 Å². The van der Waals surface area contributed by atoms with Gasteiger partial charge in [0, 0.05) is 44.5 Å². The van der Waals surface area contributed by atoms with Crippen LogP contribution in [0, 0.1) is 0 Å². The molecule has 0 aliphatic rings. The largest absolute Gasteiger partial charge is 0.308 e. The van der Waals surface area contributed by atoms with Crippen molar-refractivity contribution in [3.63, 3.8) is 0 Å². The van der Waals surface area contributed by atoms with Crippen molar-refractivity contribution in [3.8, 4) is 22.5 Å². The minimum Gasteiger partial charge on any atom is -0.308 e. The summed E-state index contributed by atoms with van der Waals surface area (Å²) in [5, 5.41) is 6.17. The Bertz CT molecular complexity index is 2730. The van der Waals surface area contributed by atoms with Crippen molar-refractivity contribution in [3.05, 3.63) is 146 Å². The van der Waals surface area contributed by atoms with Crippen molar-refractivity contribution in [2.45, 2.75) is 0 Å². The lowest BCUT2D eigenvalue weighted by atomic mass is 10.0. The topological polar surface area (TPSA) is 35.6 Å². The van der Waals surface area contributed by atoms with E-state index in [9.17, 15) is 0 Å². The summed E-state index contributed by atoms with van der Waals surface area (Å²) in [4.78, 5) is 9.35. The summed E-state index contributed by atoms with van der Waals surface area (Å²) >= 11 is 1.78. The van der Waals surface area contributed by atoms with Gasteiger partial charge in [0.05, 0.1) is 37.0 Å². The second kappa shape index (κ2) is 9.36. The molecule has 0 saturated carbocycles. The molecule has 0 amide bonds. The second-order valence-electron chi connectivity index (χ2n) is 11.4. The first-order valence-corrected chi connectivity index (χ1v) is 15.9. The monoisotopic (exact) mass is 592 g/mol. The second-order valence-corrected chi connectivity index (χ2v) is 12.5. The fourth-order valence-electron chi connectivity index (χ4n) is 7.22. The van der Waals surface area contributed by atoms with Crippen LogP contribution in [0.2, 0.25) is 0 Å². The molecule has 4 nitrogen and oxygen atoms in total. The van der Waals surface area contributed by atoms with Crippen LogP contribution in [-0.4, -0.2) is 19.1 Å². The predicted octanol–water partition coefficient (Wildman–Crippen LogP) is 10.7. The van der Waals surface area contributed by atoms with Crippen LogP contribution < -0.4 is 0 Å². The molecule has 5 heteroatoms. The fourth-order valence-corrected chi connectivity index (χ4v) is 8.39. The number of thiophene rings is 1. The van der Waals surface area contributed by atoms with Crippen LogP contribution >= 0.6 is 11.3 Å². The Hall–Kier alpha value is -5.78. The van der Waals surface area contributed by atoms with E-state index in [4.69, 9.17) is 4.98 Å². The zero-order valence-electron chi connectivity index (χ0n) is 24.1. The summed E-state index contributed by atoms with van der Waals surface area (Å²) in [5.74, 6) is 0. The van der Waals surface area contributed by atoms with E-state index >= 15 is 0 Å². The van der Waals surface area contributed by atoms with Gasteiger partial charge in [-0.3, -0.25) is 0 Å². The quantitative estimate of drug-likeness (QED) is 0.205. The maximum atomic E-state index is 4.91. The zero-order chi connectivity index (χ0) is 29.5. The molecule has 0 N–H and O–H groups in total. The Morgan fingerprint density at radius 2 is 1.04 bits per heavy atom. The van der Waals surface area contributed by atoms with E-state index in [0.29, 0.717) is 0 Å². The first-order chi connectivity index (χ1) is 22.4. The fraction of sp³-hybridized carbons (Fsp3) is 0. The van der Waals surface area contributed by atoms with E-state index in [0.717, 1.165) is 21.6 Å². The van der Waals surface area contributed by atoms with Crippen molar-refractivity contribution < 1.29 is 0 Å². The number of nitrogens with zero attached hydrogens (tertiary/aromatic N) is 4. The molecule has 0 radical (unpaired) electrons. The highest BCUT2D eigenvalue weighted by Gasteiger charge is 2.26. The molecule has 45 heavy (non-hydrogen) atoms. The number of aromatic nitrogens is 4. The third kappa shape index (κ3) is 3.41. The van der Waals surface area contributed by atoms with Gasteiger partial charge in [-0.15, -0.1) is 11.3 Å². The van der Waals surface area contributed by atoms with Crippen LogP contribution in [0.1, 0.15) is 0 Å². The Kier molecular flexibility index (Phi) is 5.12.